The lowest BCUT2D eigenvalue weighted by molar-refractivity contribution is -0.145. The predicted molar refractivity (Wildman–Crippen MR) is 80.6 cm³/mol. The van der Waals surface area contributed by atoms with Crippen LogP contribution in [0, 0.1) is 0 Å². The van der Waals surface area contributed by atoms with E-state index in [1.807, 2.05) is 4.90 Å². The third-order valence-electron chi connectivity index (χ3n) is 4.58. The van der Waals surface area contributed by atoms with Crippen molar-refractivity contribution < 1.29 is 17.6 Å². The summed E-state index contributed by atoms with van der Waals surface area (Å²) in [6, 6.07) is 2.52. The molecule has 1 aromatic heterocycles. The lowest BCUT2D eigenvalue weighted by atomic mass is 9.80. The van der Waals surface area contributed by atoms with Crippen LogP contribution in [-0.2, 0) is 18.3 Å². The highest BCUT2D eigenvalue weighted by Gasteiger charge is 2.51. The molecule has 0 bridgehead atoms. The van der Waals surface area contributed by atoms with E-state index in [1.165, 1.54) is 10.6 Å². The molecule has 3 nitrogen and oxygen atoms in total. The van der Waals surface area contributed by atoms with Crippen molar-refractivity contribution in [2.75, 3.05) is 26.7 Å². The van der Waals surface area contributed by atoms with E-state index in [2.05, 4.69) is 5.32 Å². The van der Waals surface area contributed by atoms with Crippen molar-refractivity contribution in [3.8, 4) is 0 Å². The third kappa shape index (κ3) is 2.72. The van der Waals surface area contributed by atoms with Crippen molar-refractivity contribution in [2.45, 2.75) is 30.9 Å². The normalized spacial score (nSPS) is 28.7. The standard InChI is InChI=1S/C13H17F4N3.2ClH/c1-19-6-7-20-10(2-3-11(20)13(15,16)17)12(19)4-5-18-8-9(12)14;;/h2-3,9,18H,4-8H2,1H3;2*1H. The Morgan fingerprint density at radius 3 is 2.50 bits per heavy atom. The van der Waals surface area contributed by atoms with Gasteiger partial charge in [0.25, 0.3) is 0 Å². The molecule has 1 N–H and O–H groups in total. The Bertz CT molecular complexity index is 520. The first kappa shape index (κ1) is 19.5. The van der Waals surface area contributed by atoms with Gasteiger partial charge in [0.2, 0.25) is 0 Å². The molecule has 1 fully saturated rings. The van der Waals surface area contributed by atoms with Crippen molar-refractivity contribution >= 4 is 24.8 Å². The van der Waals surface area contributed by atoms with Gasteiger partial charge in [0.1, 0.15) is 11.9 Å². The lowest BCUT2D eigenvalue weighted by Crippen LogP contribution is -2.62. The van der Waals surface area contributed by atoms with Gasteiger partial charge < -0.3 is 9.88 Å². The summed E-state index contributed by atoms with van der Waals surface area (Å²) in [4.78, 5) is 1.87. The summed E-state index contributed by atoms with van der Waals surface area (Å²) in [6.07, 6.45) is -5.13. The largest absolute Gasteiger partial charge is 0.431 e. The van der Waals surface area contributed by atoms with E-state index < -0.39 is 23.6 Å². The van der Waals surface area contributed by atoms with Crippen molar-refractivity contribution in [3.63, 3.8) is 0 Å². The quantitative estimate of drug-likeness (QED) is 0.715. The number of hydrogen-bond acceptors (Lipinski definition) is 2. The number of piperidine rings is 1. The first-order valence-electron chi connectivity index (χ1n) is 6.70. The Hall–Kier alpha value is -0.500. The molecule has 0 saturated carbocycles. The number of nitrogens with zero attached hydrogens (tertiary/aromatic N) is 2. The summed E-state index contributed by atoms with van der Waals surface area (Å²) < 4.78 is 54.9. The van der Waals surface area contributed by atoms with Gasteiger partial charge in [-0.3, -0.25) is 4.90 Å². The SMILES string of the molecule is CN1CCn2c(C(F)(F)F)ccc2C12CCNCC2F.Cl.Cl. The highest BCUT2D eigenvalue weighted by atomic mass is 35.5. The maximum atomic E-state index is 14.6. The van der Waals surface area contributed by atoms with Gasteiger partial charge in [-0.15, -0.1) is 24.8 Å². The number of likely N-dealkylation sites (N-methyl/N-ethyl adjacent to an activating group) is 1. The molecule has 1 spiro atoms. The molecule has 0 amide bonds. The fourth-order valence-corrected chi connectivity index (χ4v) is 3.53. The van der Waals surface area contributed by atoms with Crippen molar-refractivity contribution in [3.05, 3.63) is 23.5 Å². The van der Waals surface area contributed by atoms with Gasteiger partial charge in [-0.2, -0.15) is 13.2 Å². The fourth-order valence-electron chi connectivity index (χ4n) is 3.53. The monoisotopic (exact) mass is 363 g/mol. The number of fused-ring (bicyclic) bond motifs is 2. The summed E-state index contributed by atoms with van der Waals surface area (Å²) in [5.41, 5.74) is -1.16. The molecule has 128 valence electrons. The molecule has 22 heavy (non-hydrogen) atoms. The van der Waals surface area contributed by atoms with Crippen LogP contribution in [0.1, 0.15) is 17.8 Å². The number of halogens is 6. The summed E-state index contributed by atoms with van der Waals surface area (Å²) in [6.45, 7) is 1.45. The van der Waals surface area contributed by atoms with Crippen LogP contribution in [0.2, 0.25) is 0 Å². The van der Waals surface area contributed by atoms with E-state index in [0.29, 0.717) is 25.2 Å². The predicted octanol–water partition coefficient (Wildman–Crippen LogP) is 2.82. The molecular weight excluding hydrogens is 345 g/mol. The van der Waals surface area contributed by atoms with Crippen LogP contribution in [0.15, 0.2) is 12.1 Å². The van der Waals surface area contributed by atoms with Gasteiger partial charge in [-0.25, -0.2) is 4.39 Å². The fraction of sp³-hybridized carbons (Fsp3) is 0.692. The van der Waals surface area contributed by atoms with Crippen LogP contribution in [0.5, 0.6) is 0 Å². The van der Waals surface area contributed by atoms with E-state index in [1.54, 1.807) is 7.05 Å². The summed E-state index contributed by atoms with van der Waals surface area (Å²) in [7, 11) is 1.79. The summed E-state index contributed by atoms with van der Waals surface area (Å²) >= 11 is 0. The van der Waals surface area contributed by atoms with E-state index in [9.17, 15) is 17.6 Å². The number of hydrogen-bond donors (Lipinski definition) is 1. The average molecular weight is 364 g/mol. The molecule has 0 aliphatic carbocycles. The van der Waals surface area contributed by atoms with Gasteiger partial charge in [-0.05, 0) is 32.1 Å². The maximum absolute atomic E-state index is 14.6. The zero-order valence-corrected chi connectivity index (χ0v) is 13.6. The zero-order valence-electron chi connectivity index (χ0n) is 12.0. The lowest BCUT2D eigenvalue weighted by Gasteiger charge is -2.50. The third-order valence-corrected chi connectivity index (χ3v) is 4.58. The molecule has 3 heterocycles. The molecule has 0 aromatic carbocycles. The number of alkyl halides is 4. The first-order valence-corrected chi connectivity index (χ1v) is 6.70. The highest BCUT2D eigenvalue weighted by Crippen LogP contribution is 2.43. The molecule has 3 rings (SSSR count). The topological polar surface area (TPSA) is 20.2 Å². The zero-order chi connectivity index (χ0) is 14.5. The van der Waals surface area contributed by atoms with Crippen LogP contribution in [0.4, 0.5) is 17.6 Å². The highest BCUT2D eigenvalue weighted by molar-refractivity contribution is 5.85. The summed E-state index contributed by atoms with van der Waals surface area (Å²) in [5.74, 6) is 0. The van der Waals surface area contributed by atoms with Gasteiger partial charge in [-0.1, -0.05) is 0 Å². The maximum Gasteiger partial charge on any atom is 0.431 e. The smallest absolute Gasteiger partial charge is 0.338 e. The summed E-state index contributed by atoms with van der Waals surface area (Å²) in [5, 5.41) is 2.96. The Morgan fingerprint density at radius 1 is 1.23 bits per heavy atom. The molecule has 2 aliphatic heterocycles. The Morgan fingerprint density at radius 2 is 1.91 bits per heavy atom. The second kappa shape index (κ2) is 6.55. The number of rotatable bonds is 0. The van der Waals surface area contributed by atoms with Crippen LogP contribution >= 0.6 is 24.8 Å². The van der Waals surface area contributed by atoms with Crippen molar-refractivity contribution in [1.82, 2.24) is 14.8 Å². The molecule has 9 heteroatoms. The van der Waals surface area contributed by atoms with Gasteiger partial charge in [0, 0.05) is 25.3 Å². The molecule has 1 saturated heterocycles. The van der Waals surface area contributed by atoms with Gasteiger partial charge in [0.15, 0.2) is 0 Å². The van der Waals surface area contributed by atoms with E-state index in [-0.39, 0.29) is 37.9 Å². The van der Waals surface area contributed by atoms with Crippen LogP contribution in [0.25, 0.3) is 0 Å². The second-order valence-corrected chi connectivity index (χ2v) is 5.52. The van der Waals surface area contributed by atoms with Crippen molar-refractivity contribution in [1.29, 1.82) is 0 Å². The van der Waals surface area contributed by atoms with Crippen LogP contribution in [-0.4, -0.2) is 42.3 Å². The number of aromatic nitrogens is 1. The van der Waals surface area contributed by atoms with Crippen LogP contribution < -0.4 is 5.32 Å². The Labute approximate surface area is 138 Å². The average Bonchev–Trinajstić information content (AvgIpc) is 2.81. The van der Waals surface area contributed by atoms with Crippen LogP contribution in [0.3, 0.4) is 0 Å². The minimum atomic E-state index is -4.39. The Kier molecular flexibility index (Phi) is 5.82. The molecule has 1 aromatic rings. The van der Waals surface area contributed by atoms with Gasteiger partial charge in [0.05, 0.1) is 5.54 Å². The minimum Gasteiger partial charge on any atom is -0.338 e. The van der Waals surface area contributed by atoms with Crippen molar-refractivity contribution in [2.24, 2.45) is 0 Å². The van der Waals surface area contributed by atoms with E-state index in [0.717, 1.165) is 6.07 Å². The van der Waals surface area contributed by atoms with Gasteiger partial charge >= 0.3 is 6.18 Å². The molecular formula is C13H19Cl2F4N3. The molecule has 0 radical (unpaired) electrons. The molecule has 2 unspecified atom stereocenters. The Balaban J connectivity index is 0.00000121. The second-order valence-electron chi connectivity index (χ2n) is 5.52. The molecule has 2 atom stereocenters. The molecule has 2 aliphatic rings. The first-order chi connectivity index (χ1) is 9.37. The van der Waals surface area contributed by atoms with E-state index >= 15 is 0 Å². The minimum absolute atomic E-state index is 0. The number of nitrogens with one attached hydrogen (secondary N) is 1. The van der Waals surface area contributed by atoms with E-state index in [4.69, 9.17) is 0 Å².